The molecule has 0 radical (unpaired) electrons. The van der Waals surface area contributed by atoms with Gasteiger partial charge in [-0.3, -0.25) is 0 Å². The fourth-order valence-electron chi connectivity index (χ4n) is 2.20. The predicted octanol–water partition coefficient (Wildman–Crippen LogP) is 3.13. The van der Waals surface area contributed by atoms with Crippen LogP contribution in [0.15, 0.2) is 37.1 Å². The van der Waals surface area contributed by atoms with Crippen molar-refractivity contribution in [1.29, 1.82) is 0 Å². The average Bonchev–Trinajstić information content (AvgIpc) is 3.05. The molecule has 0 N–H and O–H groups in total. The maximum Gasteiger partial charge on any atom is 0.0950 e. The summed E-state index contributed by atoms with van der Waals surface area (Å²) in [6.45, 7) is 17.4. The van der Waals surface area contributed by atoms with Gasteiger partial charge in [-0.2, -0.15) is 0 Å². The molecule has 90 valence electrons. The lowest BCUT2D eigenvalue weighted by atomic mass is 9.97. The Morgan fingerprint density at radius 2 is 1.75 bits per heavy atom. The first-order valence-electron chi connectivity index (χ1n) is 5.86. The Morgan fingerprint density at radius 3 is 2.06 bits per heavy atom. The predicted molar refractivity (Wildman–Crippen MR) is 69.3 cm³/mol. The van der Waals surface area contributed by atoms with Crippen molar-refractivity contribution in [3.8, 4) is 0 Å². The van der Waals surface area contributed by atoms with Crippen molar-refractivity contribution in [2.45, 2.75) is 32.3 Å². The summed E-state index contributed by atoms with van der Waals surface area (Å²) in [5.74, 6) is 0. The van der Waals surface area contributed by atoms with Crippen LogP contribution in [0.2, 0.25) is 0 Å². The van der Waals surface area contributed by atoms with Gasteiger partial charge in [-0.1, -0.05) is 12.2 Å². The summed E-state index contributed by atoms with van der Waals surface area (Å²) in [6, 6.07) is 0. The molecule has 0 atom stereocenters. The minimum atomic E-state index is 0.282. The van der Waals surface area contributed by atoms with Gasteiger partial charge in [-0.25, -0.2) is 0 Å². The topological polar surface area (TPSA) is 15.8 Å². The third-order valence-electron chi connectivity index (χ3n) is 3.27. The second kappa shape index (κ2) is 5.35. The lowest BCUT2D eigenvalue weighted by molar-refractivity contribution is 0.176. The van der Waals surface area contributed by atoms with E-state index >= 15 is 0 Å². The van der Waals surface area contributed by atoms with Gasteiger partial charge < -0.3 is 9.64 Å². The first-order valence-corrected chi connectivity index (χ1v) is 5.86. The molecule has 0 aliphatic carbocycles. The molecule has 2 fully saturated rings. The molecule has 2 aliphatic heterocycles. The van der Waals surface area contributed by atoms with E-state index in [2.05, 4.69) is 38.5 Å². The van der Waals surface area contributed by atoms with Gasteiger partial charge in [0.1, 0.15) is 0 Å². The number of allylic oxidation sites excluding steroid dienone is 2. The van der Waals surface area contributed by atoms with Gasteiger partial charge in [0.05, 0.1) is 12.2 Å². The maximum absolute atomic E-state index is 5.49. The number of ether oxygens (including phenoxy) is 1. The van der Waals surface area contributed by atoms with Crippen molar-refractivity contribution in [3.63, 3.8) is 0 Å². The second-order valence-electron chi connectivity index (χ2n) is 4.55. The molecule has 0 aromatic rings. The van der Waals surface area contributed by atoms with Crippen LogP contribution in [-0.2, 0) is 4.74 Å². The molecule has 16 heavy (non-hydrogen) atoms. The molecule has 0 aromatic carbocycles. The Morgan fingerprint density at radius 1 is 1.25 bits per heavy atom. The van der Waals surface area contributed by atoms with E-state index in [4.69, 9.17) is 4.74 Å². The van der Waals surface area contributed by atoms with Gasteiger partial charge in [-0.05, 0) is 32.8 Å². The summed E-state index contributed by atoms with van der Waals surface area (Å²) in [7, 11) is 0. The van der Waals surface area contributed by atoms with Gasteiger partial charge >= 0.3 is 0 Å². The van der Waals surface area contributed by atoms with Crippen LogP contribution in [0, 0.1) is 0 Å². The number of epoxide rings is 1. The van der Waals surface area contributed by atoms with Crippen molar-refractivity contribution >= 4 is 0 Å². The van der Waals surface area contributed by atoms with Gasteiger partial charge in [0, 0.05) is 18.8 Å². The Bertz CT molecular complexity index is 275. The molecule has 2 aliphatic rings. The van der Waals surface area contributed by atoms with Crippen molar-refractivity contribution < 1.29 is 4.74 Å². The summed E-state index contributed by atoms with van der Waals surface area (Å²) in [4.78, 5) is 2.43. The van der Waals surface area contributed by atoms with Crippen molar-refractivity contribution in [2.24, 2.45) is 0 Å². The molecule has 0 aromatic heterocycles. The molecule has 2 heteroatoms. The van der Waals surface area contributed by atoms with Crippen molar-refractivity contribution in [2.75, 3.05) is 19.7 Å². The SMILES string of the molecule is C=C.C=CC(=C(C)C)N1CCC2(CC1)CO2. The first-order chi connectivity index (χ1) is 7.67. The van der Waals surface area contributed by atoms with Gasteiger partial charge in [0.15, 0.2) is 0 Å². The van der Waals surface area contributed by atoms with Crippen LogP contribution in [0.5, 0.6) is 0 Å². The summed E-state index contributed by atoms with van der Waals surface area (Å²) >= 11 is 0. The Labute approximate surface area is 99.3 Å². The van der Waals surface area contributed by atoms with E-state index in [1.54, 1.807) is 0 Å². The fraction of sp³-hybridized carbons (Fsp3) is 0.571. The highest BCUT2D eigenvalue weighted by atomic mass is 16.6. The van der Waals surface area contributed by atoms with Crippen LogP contribution in [0.3, 0.4) is 0 Å². The molecule has 0 amide bonds. The number of rotatable bonds is 2. The molecule has 0 saturated carbocycles. The average molecular weight is 221 g/mol. The number of likely N-dealkylation sites (tertiary alicyclic amines) is 1. The zero-order chi connectivity index (χ0) is 12.2. The number of hydrogen-bond acceptors (Lipinski definition) is 2. The summed E-state index contributed by atoms with van der Waals surface area (Å²) in [6.07, 6.45) is 4.33. The van der Waals surface area contributed by atoms with Gasteiger partial charge in [0.2, 0.25) is 0 Å². The highest BCUT2D eigenvalue weighted by Crippen LogP contribution is 2.38. The minimum Gasteiger partial charge on any atom is -0.371 e. The first kappa shape index (κ1) is 13.0. The smallest absolute Gasteiger partial charge is 0.0950 e. The van der Waals surface area contributed by atoms with E-state index in [0.717, 1.165) is 19.7 Å². The molecular formula is C14H23NO. The van der Waals surface area contributed by atoms with Gasteiger partial charge in [-0.15, -0.1) is 13.2 Å². The molecule has 1 spiro atoms. The van der Waals surface area contributed by atoms with E-state index < -0.39 is 0 Å². The Hall–Kier alpha value is -1.02. The van der Waals surface area contributed by atoms with E-state index in [0.29, 0.717) is 0 Å². The minimum absolute atomic E-state index is 0.282. The van der Waals surface area contributed by atoms with Crippen LogP contribution in [0.4, 0.5) is 0 Å². The third-order valence-corrected chi connectivity index (χ3v) is 3.27. The van der Waals surface area contributed by atoms with E-state index in [1.807, 2.05) is 6.08 Å². The molecule has 2 heterocycles. The zero-order valence-corrected chi connectivity index (χ0v) is 10.6. The van der Waals surface area contributed by atoms with Crippen LogP contribution in [0.1, 0.15) is 26.7 Å². The van der Waals surface area contributed by atoms with E-state index in [-0.39, 0.29) is 5.60 Å². The van der Waals surface area contributed by atoms with Crippen LogP contribution in [0.25, 0.3) is 0 Å². The highest BCUT2D eigenvalue weighted by molar-refractivity contribution is 5.21. The molecule has 2 saturated heterocycles. The third kappa shape index (κ3) is 2.76. The Kier molecular flexibility index (Phi) is 4.36. The molecular weight excluding hydrogens is 198 g/mol. The van der Waals surface area contributed by atoms with E-state index in [1.165, 1.54) is 24.1 Å². The van der Waals surface area contributed by atoms with Crippen LogP contribution < -0.4 is 0 Å². The summed E-state index contributed by atoms with van der Waals surface area (Å²) < 4.78 is 5.49. The molecule has 0 bridgehead atoms. The zero-order valence-electron chi connectivity index (χ0n) is 10.6. The number of hydrogen-bond donors (Lipinski definition) is 0. The summed E-state index contributed by atoms with van der Waals surface area (Å²) in [5.41, 5.74) is 2.94. The quantitative estimate of drug-likeness (QED) is 0.404. The maximum atomic E-state index is 5.49. The lowest BCUT2D eigenvalue weighted by Crippen LogP contribution is -2.37. The second-order valence-corrected chi connectivity index (χ2v) is 4.55. The molecule has 2 nitrogen and oxygen atoms in total. The Balaban J connectivity index is 0.000000606. The normalized spacial score (nSPS) is 20.8. The van der Waals surface area contributed by atoms with Crippen molar-refractivity contribution in [3.05, 3.63) is 37.1 Å². The monoisotopic (exact) mass is 221 g/mol. The van der Waals surface area contributed by atoms with Crippen molar-refractivity contribution in [1.82, 2.24) is 4.90 Å². The molecule has 2 rings (SSSR count). The number of piperidine rings is 1. The van der Waals surface area contributed by atoms with Gasteiger partial charge in [0.25, 0.3) is 0 Å². The standard InChI is InChI=1S/C12H19NO.C2H4/c1-4-11(10(2)3)13-7-5-12(6-8-13)9-14-12;1-2/h4H,1,5-9H2,2-3H3;1-2H2. The van der Waals surface area contributed by atoms with Crippen LogP contribution >= 0.6 is 0 Å². The highest BCUT2D eigenvalue weighted by Gasteiger charge is 2.46. The van der Waals surface area contributed by atoms with Crippen LogP contribution in [-0.4, -0.2) is 30.2 Å². The fourth-order valence-corrected chi connectivity index (χ4v) is 2.20. The molecule has 0 unspecified atom stereocenters. The lowest BCUT2D eigenvalue weighted by Gasteiger charge is -2.33. The largest absolute Gasteiger partial charge is 0.371 e. The summed E-state index contributed by atoms with van der Waals surface area (Å²) in [5, 5.41) is 0. The number of nitrogens with zero attached hydrogens (tertiary/aromatic N) is 1. The van der Waals surface area contributed by atoms with E-state index in [9.17, 15) is 0 Å².